The van der Waals surface area contributed by atoms with Gasteiger partial charge in [0.25, 0.3) is 8.32 Å². The normalized spacial score (nSPS) is 27.3. The molecule has 1 atom stereocenters. The Labute approximate surface area is 87.5 Å². The molecule has 0 radical (unpaired) electrons. The van der Waals surface area contributed by atoms with Gasteiger partial charge in [-0.2, -0.15) is 0 Å². The van der Waals surface area contributed by atoms with Crippen LogP contribution in [0.4, 0.5) is 0 Å². The van der Waals surface area contributed by atoms with E-state index in [0.29, 0.717) is 5.57 Å². The SMILES string of the molecule is C=C(C)C(=O)[Si]1(CCC)CCCCO1. The molecular formula is C11H20O2Si. The van der Waals surface area contributed by atoms with Crippen LogP contribution < -0.4 is 0 Å². The quantitative estimate of drug-likeness (QED) is 0.529. The zero-order chi connectivity index (χ0) is 10.6. The van der Waals surface area contributed by atoms with Gasteiger partial charge in [-0.25, -0.2) is 0 Å². The first-order valence-corrected chi connectivity index (χ1v) is 7.79. The highest BCUT2D eigenvalue weighted by Crippen LogP contribution is 2.29. The van der Waals surface area contributed by atoms with Crippen LogP contribution in [-0.4, -0.2) is 20.3 Å². The smallest absolute Gasteiger partial charge is 0.270 e. The molecule has 0 aromatic rings. The second-order valence-corrected chi connectivity index (χ2v) is 7.89. The minimum atomic E-state index is -2.09. The van der Waals surface area contributed by atoms with Crippen molar-refractivity contribution in [3.05, 3.63) is 12.2 Å². The molecule has 0 N–H and O–H groups in total. The first kappa shape index (κ1) is 11.7. The summed E-state index contributed by atoms with van der Waals surface area (Å²) >= 11 is 0. The molecule has 0 aromatic heterocycles. The van der Waals surface area contributed by atoms with E-state index in [0.717, 1.165) is 38.0 Å². The highest BCUT2D eigenvalue weighted by Gasteiger charge is 2.43. The van der Waals surface area contributed by atoms with E-state index in [-0.39, 0.29) is 5.41 Å². The third-order valence-corrected chi connectivity index (χ3v) is 7.29. The van der Waals surface area contributed by atoms with E-state index >= 15 is 0 Å². The summed E-state index contributed by atoms with van der Waals surface area (Å²) in [4.78, 5) is 12.0. The second kappa shape index (κ2) is 4.89. The number of allylic oxidation sites excluding steroid dienone is 1. The van der Waals surface area contributed by atoms with Gasteiger partial charge in [0.15, 0.2) is 5.41 Å². The Morgan fingerprint density at radius 2 is 2.21 bits per heavy atom. The van der Waals surface area contributed by atoms with E-state index in [2.05, 4.69) is 13.5 Å². The lowest BCUT2D eigenvalue weighted by Gasteiger charge is -2.33. The summed E-state index contributed by atoms with van der Waals surface area (Å²) in [6, 6.07) is 1.98. The largest absolute Gasteiger partial charge is 0.409 e. The van der Waals surface area contributed by atoms with E-state index in [1.807, 2.05) is 6.92 Å². The topological polar surface area (TPSA) is 26.3 Å². The van der Waals surface area contributed by atoms with Gasteiger partial charge in [-0.3, -0.25) is 4.79 Å². The highest BCUT2D eigenvalue weighted by molar-refractivity contribution is 7.03. The van der Waals surface area contributed by atoms with Crippen LogP contribution in [0.2, 0.25) is 12.1 Å². The van der Waals surface area contributed by atoms with Crippen LogP contribution in [-0.2, 0) is 9.22 Å². The van der Waals surface area contributed by atoms with Crippen LogP contribution in [0.15, 0.2) is 12.2 Å². The summed E-state index contributed by atoms with van der Waals surface area (Å²) in [5.41, 5.74) is 0.687. The molecule has 0 amide bonds. The molecule has 0 aromatic carbocycles. The maximum absolute atomic E-state index is 12.0. The summed E-state index contributed by atoms with van der Waals surface area (Å²) in [6.07, 6.45) is 3.32. The predicted octanol–water partition coefficient (Wildman–Crippen LogP) is 2.84. The predicted molar refractivity (Wildman–Crippen MR) is 60.7 cm³/mol. The van der Waals surface area contributed by atoms with Gasteiger partial charge in [-0.1, -0.05) is 26.3 Å². The van der Waals surface area contributed by atoms with Crippen molar-refractivity contribution in [1.29, 1.82) is 0 Å². The molecule has 80 valence electrons. The fourth-order valence-electron chi connectivity index (χ4n) is 2.13. The van der Waals surface area contributed by atoms with Crippen LogP contribution >= 0.6 is 0 Å². The summed E-state index contributed by atoms with van der Waals surface area (Å²) in [5.74, 6) is 0. The molecular weight excluding hydrogens is 192 g/mol. The van der Waals surface area contributed by atoms with Gasteiger partial charge in [0, 0.05) is 6.61 Å². The molecule has 2 nitrogen and oxygen atoms in total. The molecule has 0 spiro atoms. The third-order valence-electron chi connectivity index (χ3n) is 2.81. The van der Waals surface area contributed by atoms with Crippen LogP contribution in [0, 0.1) is 0 Å². The zero-order valence-corrected chi connectivity index (χ0v) is 10.3. The monoisotopic (exact) mass is 212 g/mol. The fourth-order valence-corrected chi connectivity index (χ4v) is 6.20. The molecule has 0 bridgehead atoms. The van der Waals surface area contributed by atoms with E-state index in [1.165, 1.54) is 0 Å². The minimum Gasteiger partial charge on any atom is -0.409 e. The maximum Gasteiger partial charge on any atom is 0.270 e. The van der Waals surface area contributed by atoms with Crippen molar-refractivity contribution in [2.45, 2.75) is 45.2 Å². The molecule has 1 heterocycles. The van der Waals surface area contributed by atoms with Crippen LogP contribution in [0.5, 0.6) is 0 Å². The molecule has 14 heavy (non-hydrogen) atoms. The maximum atomic E-state index is 12.0. The molecule has 1 rings (SSSR count). The minimum absolute atomic E-state index is 0.249. The van der Waals surface area contributed by atoms with Crippen molar-refractivity contribution in [3.63, 3.8) is 0 Å². The Morgan fingerprint density at radius 3 is 2.64 bits per heavy atom. The fraction of sp³-hybridized carbons (Fsp3) is 0.727. The molecule has 0 aliphatic carbocycles. The Morgan fingerprint density at radius 1 is 1.50 bits per heavy atom. The van der Waals surface area contributed by atoms with Gasteiger partial charge in [0.05, 0.1) is 0 Å². The second-order valence-electron chi connectivity index (χ2n) is 4.16. The number of hydrogen-bond donors (Lipinski definition) is 0. The van der Waals surface area contributed by atoms with Crippen molar-refractivity contribution in [3.8, 4) is 0 Å². The summed E-state index contributed by atoms with van der Waals surface area (Å²) in [5, 5.41) is 0.249. The van der Waals surface area contributed by atoms with E-state index < -0.39 is 8.32 Å². The van der Waals surface area contributed by atoms with Crippen LogP contribution in [0.25, 0.3) is 0 Å². The van der Waals surface area contributed by atoms with Crippen molar-refractivity contribution < 1.29 is 9.22 Å². The van der Waals surface area contributed by atoms with Crippen molar-refractivity contribution in [1.82, 2.24) is 0 Å². The number of rotatable bonds is 4. The average Bonchev–Trinajstić information content (AvgIpc) is 2.18. The lowest BCUT2D eigenvalue weighted by Crippen LogP contribution is -2.49. The van der Waals surface area contributed by atoms with E-state index in [4.69, 9.17) is 4.43 Å². The molecule has 1 aliphatic rings. The van der Waals surface area contributed by atoms with Crippen molar-refractivity contribution in [2.24, 2.45) is 0 Å². The van der Waals surface area contributed by atoms with Crippen LogP contribution in [0.3, 0.4) is 0 Å². The van der Waals surface area contributed by atoms with Gasteiger partial charge in [-0.15, -0.1) is 0 Å². The molecule has 1 saturated heterocycles. The Balaban J connectivity index is 2.79. The first-order chi connectivity index (χ1) is 6.62. The summed E-state index contributed by atoms with van der Waals surface area (Å²) in [7, 11) is -2.09. The summed E-state index contributed by atoms with van der Waals surface area (Å²) < 4.78 is 5.86. The van der Waals surface area contributed by atoms with Crippen LogP contribution in [0.1, 0.15) is 33.1 Å². The van der Waals surface area contributed by atoms with Crippen molar-refractivity contribution in [2.75, 3.05) is 6.61 Å². The lowest BCUT2D eigenvalue weighted by molar-refractivity contribution is -0.111. The zero-order valence-electron chi connectivity index (χ0n) is 9.27. The van der Waals surface area contributed by atoms with Gasteiger partial charge in [0.1, 0.15) is 0 Å². The summed E-state index contributed by atoms with van der Waals surface area (Å²) in [6.45, 7) is 8.48. The highest BCUT2D eigenvalue weighted by atomic mass is 28.4. The standard InChI is InChI=1S/C11H20O2Si/c1-4-8-14(11(12)10(2)3)9-6-5-7-13-14/h2,4-9H2,1,3H3. The van der Waals surface area contributed by atoms with Gasteiger partial charge >= 0.3 is 0 Å². The number of carbonyl (C=O) groups excluding carboxylic acids is 1. The van der Waals surface area contributed by atoms with Gasteiger partial charge < -0.3 is 4.43 Å². The number of hydrogen-bond acceptors (Lipinski definition) is 2. The average molecular weight is 212 g/mol. The molecule has 3 heteroatoms. The van der Waals surface area contributed by atoms with Crippen molar-refractivity contribution >= 4 is 13.7 Å². The van der Waals surface area contributed by atoms with Gasteiger partial charge in [-0.05, 0) is 31.0 Å². The third kappa shape index (κ3) is 2.33. The molecule has 0 saturated carbocycles. The van der Waals surface area contributed by atoms with E-state index in [1.54, 1.807) is 0 Å². The molecule has 1 unspecified atom stereocenters. The number of carbonyl (C=O) groups is 1. The molecule has 1 fully saturated rings. The van der Waals surface area contributed by atoms with E-state index in [9.17, 15) is 4.79 Å². The Kier molecular flexibility index (Phi) is 4.07. The first-order valence-electron chi connectivity index (χ1n) is 5.46. The lowest BCUT2D eigenvalue weighted by atomic mass is 10.4. The Hall–Kier alpha value is -0.413. The molecule has 1 aliphatic heterocycles. The van der Waals surface area contributed by atoms with Gasteiger partial charge in [0.2, 0.25) is 0 Å². The Bertz CT molecular complexity index is 224.